The van der Waals surface area contributed by atoms with Crippen molar-refractivity contribution >= 4 is 10.0 Å². The average Bonchev–Trinajstić information content (AvgIpc) is 2.37. The summed E-state index contributed by atoms with van der Waals surface area (Å²) >= 11 is 0. The number of sulfonamides is 1. The second-order valence-corrected chi connectivity index (χ2v) is 5.86. The third-order valence-corrected chi connectivity index (χ3v) is 3.99. The fourth-order valence-electron chi connectivity index (χ4n) is 1.56. The molecule has 108 valence electrons. The molecule has 0 spiro atoms. The molecule has 0 radical (unpaired) electrons. The van der Waals surface area contributed by atoms with Crippen molar-refractivity contribution in [3.05, 3.63) is 29.8 Å². The van der Waals surface area contributed by atoms with Crippen molar-refractivity contribution in [1.82, 2.24) is 10.0 Å². The zero-order valence-corrected chi connectivity index (χ0v) is 11.5. The van der Waals surface area contributed by atoms with Gasteiger partial charge in [-0.25, -0.2) is 21.9 Å². The van der Waals surface area contributed by atoms with Gasteiger partial charge in [0.15, 0.2) is 0 Å². The van der Waals surface area contributed by atoms with Crippen molar-refractivity contribution in [2.45, 2.75) is 24.2 Å². The van der Waals surface area contributed by atoms with Gasteiger partial charge in [0.25, 0.3) is 6.43 Å². The van der Waals surface area contributed by atoms with Crippen LogP contribution in [0.4, 0.5) is 8.78 Å². The van der Waals surface area contributed by atoms with Crippen molar-refractivity contribution in [2.75, 3.05) is 20.1 Å². The summed E-state index contributed by atoms with van der Waals surface area (Å²) in [7, 11) is -1.97. The highest BCUT2D eigenvalue weighted by Gasteiger charge is 2.15. The maximum absolute atomic E-state index is 12.0. The average molecular weight is 292 g/mol. The Morgan fingerprint density at radius 1 is 1.21 bits per heavy atom. The second-order valence-electron chi connectivity index (χ2n) is 4.09. The summed E-state index contributed by atoms with van der Waals surface area (Å²) < 4.78 is 49.1. The number of nitrogens with one attached hydrogen (secondary N) is 2. The van der Waals surface area contributed by atoms with Crippen molar-refractivity contribution in [2.24, 2.45) is 0 Å². The molecule has 0 atom stereocenters. The Labute approximate surface area is 112 Å². The third-order valence-electron chi connectivity index (χ3n) is 2.55. The lowest BCUT2D eigenvalue weighted by Gasteiger charge is -2.07. The molecule has 2 N–H and O–H groups in total. The minimum absolute atomic E-state index is 0.00511. The van der Waals surface area contributed by atoms with Gasteiger partial charge in [-0.05, 0) is 44.1 Å². The maximum Gasteiger partial charge on any atom is 0.251 e. The number of aryl methyl sites for hydroxylation is 1. The molecule has 0 aliphatic heterocycles. The van der Waals surface area contributed by atoms with E-state index in [1.807, 2.05) is 11.8 Å². The Balaban J connectivity index is 2.64. The van der Waals surface area contributed by atoms with E-state index in [1.165, 1.54) is 12.1 Å². The normalized spacial score (nSPS) is 12.0. The van der Waals surface area contributed by atoms with E-state index in [-0.39, 0.29) is 4.90 Å². The van der Waals surface area contributed by atoms with E-state index in [1.54, 1.807) is 12.1 Å². The molecule has 0 aliphatic rings. The molecule has 1 aromatic rings. The molecular formula is C12H18F2N2O2S. The maximum atomic E-state index is 12.0. The van der Waals surface area contributed by atoms with Gasteiger partial charge in [-0.15, -0.1) is 0 Å². The molecule has 19 heavy (non-hydrogen) atoms. The third kappa shape index (κ3) is 5.63. The van der Waals surface area contributed by atoms with Gasteiger partial charge in [-0.1, -0.05) is 12.1 Å². The molecule has 0 fully saturated rings. The van der Waals surface area contributed by atoms with Crippen molar-refractivity contribution < 1.29 is 17.2 Å². The first-order chi connectivity index (χ1) is 8.95. The molecule has 0 aromatic heterocycles. The Bertz CT molecular complexity index is 475. The van der Waals surface area contributed by atoms with Crippen LogP contribution >= 0.6 is 0 Å². The molecule has 0 aliphatic carbocycles. The standard InChI is InChI=1S/C12H18F2N2O2S/c1-15-8-2-3-10-4-6-11(7-5-10)19(17,18)16-9-12(13)14/h4-7,12,15-16H,2-3,8-9H2,1H3. The van der Waals surface area contributed by atoms with Crippen LogP contribution < -0.4 is 10.0 Å². The number of alkyl halides is 2. The highest BCUT2D eigenvalue weighted by Crippen LogP contribution is 2.12. The molecule has 0 unspecified atom stereocenters. The molecular weight excluding hydrogens is 274 g/mol. The van der Waals surface area contributed by atoms with Crippen LogP contribution in [-0.4, -0.2) is 35.0 Å². The highest BCUT2D eigenvalue weighted by atomic mass is 32.2. The number of halogens is 2. The van der Waals surface area contributed by atoms with Crippen LogP contribution in [-0.2, 0) is 16.4 Å². The molecule has 7 heteroatoms. The number of hydrogen-bond donors (Lipinski definition) is 2. The quantitative estimate of drug-likeness (QED) is 0.712. The number of benzene rings is 1. The van der Waals surface area contributed by atoms with E-state index in [0.717, 1.165) is 24.9 Å². The summed E-state index contributed by atoms with van der Waals surface area (Å²) in [5.74, 6) is 0. The van der Waals surface area contributed by atoms with E-state index in [4.69, 9.17) is 0 Å². The smallest absolute Gasteiger partial charge is 0.251 e. The van der Waals surface area contributed by atoms with E-state index in [2.05, 4.69) is 5.32 Å². The molecule has 0 amide bonds. The lowest BCUT2D eigenvalue weighted by molar-refractivity contribution is 0.153. The van der Waals surface area contributed by atoms with Crippen LogP contribution in [0.2, 0.25) is 0 Å². The first kappa shape index (κ1) is 16.0. The molecule has 0 saturated heterocycles. The van der Waals surface area contributed by atoms with Crippen molar-refractivity contribution in [3.8, 4) is 0 Å². The minimum Gasteiger partial charge on any atom is -0.320 e. The SMILES string of the molecule is CNCCCc1ccc(S(=O)(=O)NCC(F)F)cc1. The Morgan fingerprint density at radius 3 is 2.37 bits per heavy atom. The van der Waals surface area contributed by atoms with E-state index >= 15 is 0 Å². The van der Waals surface area contributed by atoms with Gasteiger partial charge in [-0.2, -0.15) is 0 Å². The van der Waals surface area contributed by atoms with Gasteiger partial charge >= 0.3 is 0 Å². The summed E-state index contributed by atoms with van der Waals surface area (Å²) in [6, 6.07) is 6.27. The van der Waals surface area contributed by atoms with Crippen LogP contribution in [0, 0.1) is 0 Å². The van der Waals surface area contributed by atoms with Crippen molar-refractivity contribution in [1.29, 1.82) is 0 Å². The summed E-state index contributed by atoms with van der Waals surface area (Å²) in [5.41, 5.74) is 1.02. The van der Waals surface area contributed by atoms with Crippen molar-refractivity contribution in [3.63, 3.8) is 0 Å². The molecule has 0 bridgehead atoms. The van der Waals surface area contributed by atoms with Gasteiger partial charge in [-0.3, -0.25) is 0 Å². The minimum atomic E-state index is -3.84. The van der Waals surface area contributed by atoms with Gasteiger partial charge in [0.1, 0.15) is 0 Å². The van der Waals surface area contributed by atoms with Crippen LogP contribution in [0.3, 0.4) is 0 Å². The molecule has 1 rings (SSSR count). The molecule has 0 saturated carbocycles. The summed E-state index contributed by atoms with van der Waals surface area (Å²) in [5, 5.41) is 3.02. The van der Waals surface area contributed by atoms with E-state index in [9.17, 15) is 17.2 Å². The molecule has 0 heterocycles. The van der Waals surface area contributed by atoms with Gasteiger partial charge in [0, 0.05) is 0 Å². The fourth-order valence-corrected chi connectivity index (χ4v) is 2.57. The topological polar surface area (TPSA) is 58.2 Å². The zero-order chi connectivity index (χ0) is 14.3. The first-order valence-electron chi connectivity index (χ1n) is 5.97. The van der Waals surface area contributed by atoms with Gasteiger partial charge in [0.2, 0.25) is 10.0 Å². The van der Waals surface area contributed by atoms with Crippen LogP contribution in [0.1, 0.15) is 12.0 Å². The zero-order valence-electron chi connectivity index (χ0n) is 10.7. The van der Waals surface area contributed by atoms with Gasteiger partial charge < -0.3 is 5.32 Å². The summed E-state index contributed by atoms with van der Waals surface area (Å²) in [4.78, 5) is 0.00511. The Hall–Kier alpha value is -1.05. The lowest BCUT2D eigenvalue weighted by atomic mass is 10.1. The van der Waals surface area contributed by atoms with E-state index < -0.39 is 23.0 Å². The fraction of sp³-hybridized carbons (Fsp3) is 0.500. The first-order valence-corrected chi connectivity index (χ1v) is 7.45. The van der Waals surface area contributed by atoms with Crippen LogP contribution in [0.25, 0.3) is 0 Å². The molecule has 1 aromatic carbocycles. The van der Waals surface area contributed by atoms with Crippen LogP contribution in [0.15, 0.2) is 29.2 Å². The second kappa shape index (κ2) is 7.52. The number of hydrogen-bond acceptors (Lipinski definition) is 3. The monoisotopic (exact) mass is 292 g/mol. The Morgan fingerprint density at radius 2 is 1.84 bits per heavy atom. The predicted octanol–water partition coefficient (Wildman–Crippen LogP) is 1.38. The predicted molar refractivity (Wildman–Crippen MR) is 69.9 cm³/mol. The largest absolute Gasteiger partial charge is 0.320 e. The summed E-state index contributed by atoms with van der Waals surface area (Å²) in [6.07, 6.45) is -0.909. The van der Waals surface area contributed by atoms with Gasteiger partial charge in [0.05, 0.1) is 11.4 Å². The van der Waals surface area contributed by atoms with E-state index in [0.29, 0.717) is 0 Å². The number of rotatable bonds is 8. The molecule has 4 nitrogen and oxygen atoms in total. The van der Waals surface area contributed by atoms with Crippen LogP contribution in [0.5, 0.6) is 0 Å². The Kier molecular flexibility index (Phi) is 6.33. The highest BCUT2D eigenvalue weighted by molar-refractivity contribution is 7.89. The lowest BCUT2D eigenvalue weighted by Crippen LogP contribution is -2.28. The summed E-state index contributed by atoms with van der Waals surface area (Å²) in [6.45, 7) is 0.0161.